The van der Waals surface area contributed by atoms with Gasteiger partial charge in [0.25, 0.3) is 0 Å². The largest absolute Gasteiger partial charge is 0.109 e. The van der Waals surface area contributed by atoms with E-state index in [1.807, 2.05) is 0 Å². The van der Waals surface area contributed by atoms with E-state index in [1.165, 1.54) is 152 Å². The zero-order valence-electron chi connectivity index (χ0n) is 40.2. The summed E-state index contributed by atoms with van der Waals surface area (Å²) < 4.78 is 0. The minimum Gasteiger partial charge on any atom is -0.109 e. The molecule has 0 saturated carbocycles. The third-order valence-electron chi connectivity index (χ3n) is 14.9. The van der Waals surface area contributed by atoms with Crippen LogP contribution in [0.4, 0.5) is 0 Å². The van der Waals surface area contributed by atoms with E-state index in [4.69, 9.17) is 23.2 Å². The number of rotatable bonds is 0. The molecule has 0 saturated heterocycles. The van der Waals surface area contributed by atoms with Crippen LogP contribution in [0.25, 0.3) is 129 Å². The van der Waals surface area contributed by atoms with Crippen LogP contribution in [0.1, 0.15) is 22.3 Å². The first-order valence-electron chi connectivity index (χ1n) is 24.4. The first kappa shape index (κ1) is 44.5. The normalized spacial score (nSPS) is 11.6. The van der Waals surface area contributed by atoms with Gasteiger partial charge in [-0.05, 0) is 191 Å². The summed E-state index contributed by atoms with van der Waals surface area (Å²) in [5.74, 6) is 0. The number of benzene rings is 12. The Morgan fingerprint density at radius 2 is 0.380 bits per heavy atom. The summed E-state index contributed by atoms with van der Waals surface area (Å²) in [7, 11) is 0. The van der Waals surface area contributed by atoms with Crippen molar-refractivity contribution >= 4 is 152 Å². The summed E-state index contributed by atoms with van der Waals surface area (Å²) in [4.78, 5) is 0. The second kappa shape index (κ2) is 18.2. The summed E-state index contributed by atoms with van der Waals surface area (Å²) in [5.41, 5.74) is 5.11. The Balaban J connectivity index is 0.00000168. The lowest BCUT2D eigenvalue weighted by molar-refractivity contribution is 1.46. The van der Waals surface area contributed by atoms with Gasteiger partial charge in [-0.2, -0.15) is 0 Å². The third kappa shape index (κ3) is 7.80. The lowest BCUT2D eigenvalue weighted by atomic mass is 9.93. The number of halogens is 2. The Morgan fingerprint density at radius 1 is 0.211 bits per heavy atom. The lowest BCUT2D eigenvalue weighted by Crippen LogP contribution is -1.84. The molecule has 0 N–H and O–H groups in total. The van der Waals surface area contributed by atoms with E-state index in [0.717, 1.165) is 0 Å². The second-order valence-corrected chi connectivity index (χ2v) is 19.9. The summed E-state index contributed by atoms with van der Waals surface area (Å²) >= 11 is 9.53. The molecule has 0 heterocycles. The van der Waals surface area contributed by atoms with E-state index < -0.39 is 0 Å². The zero-order chi connectivity index (χ0) is 48.3. The monoisotopic (exact) mass is 948 g/mol. The SMILES string of the molecule is Cc1cc(C)c2cc1c1ccc(cc1)c1cccc3ccc4cccc(c5ccc(cc5)c5cc(c(C)cc5C)c5ccc(cc5)c5cccc6ccc7cccc(c8ccc2cc8)c7c65)c4c31.ClCCl. The van der Waals surface area contributed by atoms with Gasteiger partial charge in [-0.1, -0.05) is 206 Å². The molecule has 0 spiro atoms. The van der Waals surface area contributed by atoms with Crippen LogP contribution in [-0.4, -0.2) is 5.34 Å². The van der Waals surface area contributed by atoms with E-state index >= 15 is 0 Å². The standard InChI is InChI=1S/C68H48.CH2Cl2/c1-41-37-42(2)62-39-61(41)49-25-17-45(18-26-49)57-13-5-9-53-33-34-54-10-7-15-59(66(54)65(53)57)47-21-29-51(30-22-47)63-40-64(44(4)38-43(63)3)52-31-23-48(24-32-52)60-16-8-12-56-36-35-55-11-6-14-58(67(55)68(56)60)46-19-27-50(62)28-20-46;2-1-3/h5-40H,1-4H3;1H2. The highest BCUT2D eigenvalue weighted by Gasteiger charge is 2.11. The number of alkyl halides is 2. The maximum Gasteiger partial charge on any atom is 0.0967 e. The Morgan fingerprint density at radius 3 is 0.577 bits per heavy atom. The quantitative estimate of drug-likeness (QED) is 0.105. The molecular weight excluding hydrogens is 900 g/mol. The number of hydrogen-bond donors (Lipinski definition) is 0. The van der Waals surface area contributed by atoms with Crippen molar-refractivity contribution in [3.63, 3.8) is 0 Å². The molecule has 12 bridgehead atoms. The van der Waals surface area contributed by atoms with Gasteiger partial charge in [0, 0.05) is 0 Å². The van der Waals surface area contributed by atoms with Gasteiger partial charge in [0.15, 0.2) is 0 Å². The van der Waals surface area contributed by atoms with Gasteiger partial charge < -0.3 is 0 Å². The van der Waals surface area contributed by atoms with Gasteiger partial charge in [0.1, 0.15) is 0 Å². The van der Waals surface area contributed by atoms with E-state index in [1.54, 1.807) is 0 Å². The third-order valence-corrected chi connectivity index (χ3v) is 14.9. The molecule has 19 aromatic carbocycles. The summed E-state index contributed by atoms with van der Waals surface area (Å²) in [5, 5.41) is 30.1. The van der Waals surface area contributed by atoms with Gasteiger partial charge in [0.05, 0.1) is 5.34 Å². The molecule has 19 aromatic rings. The van der Waals surface area contributed by atoms with E-state index in [0.29, 0.717) is 0 Å². The highest BCUT2D eigenvalue weighted by molar-refractivity contribution is 6.40. The highest BCUT2D eigenvalue weighted by Crippen LogP contribution is 2.38. The Kier molecular flexibility index (Phi) is 11.4. The van der Waals surface area contributed by atoms with Crippen molar-refractivity contribution in [2.75, 3.05) is 5.34 Å². The summed E-state index contributed by atoms with van der Waals surface area (Å²) in [6, 6.07) is 82.7. The molecule has 0 aliphatic carbocycles. The summed E-state index contributed by atoms with van der Waals surface area (Å²) in [6.07, 6.45) is 0. The molecule has 71 heavy (non-hydrogen) atoms. The molecule has 0 aliphatic heterocycles. The highest BCUT2D eigenvalue weighted by atomic mass is 35.5. The predicted octanol–water partition coefficient (Wildman–Crippen LogP) is 21.0. The molecule has 0 atom stereocenters. The molecule has 0 amide bonds. The topological polar surface area (TPSA) is 0 Å². The molecule has 340 valence electrons. The molecule has 0 aromatic heterocycles. The average molecular weight is 950 g/mol. The van der Waals surface area contributed by atoms with Gasteiger partial charge in [-0.3, -0.25) is 0 Å². The fourth-order valence-corrected chi connectivity index (χ4v) is 11.5. The fourth-order valence-electron chi connectivity index (χ4n) is 11.5. The predicted molar refractivity (Wildman–Crippen MR) is 316 cm³/mol. The first-order valence-corrected chi connectivity index (χ1v) is 25.5. The molecule has 0 unspecified atom stereocenters. The second-order valence-electron chi connectivity index (χ2n) is 19.1. The van der Waals surface area contributed by atoms with Gasteiger partial charge in [-0.25, -0.2) is 0 Å². The van der Waals surface area contributed by atoms with E-state index in [-0.39, 0.29) is 5.34 Å². The summed E-state index contributed by atoms with van der Waals surface area (Å²) in [6.45, 7) is 8.97. The molecule has 19 rings (SSSR count). The maximum absolute atomic E-state index is 4.76. The van der Waals surface area contributed by atoms with Crippen LogP contribution in [0.15, 0.2) is 218 Å². The molecule has 0 fully saturated rings. The lowest BCUT2D eigenvalue weighted by Gasteiger charge is -2.10. The molecule has 2 heteroatoms. The van der Waals surface area contributed by atoms with Gasteiger partial charge >= 0.3 is 0 Å². The van der Waals surface area contributed by atoms with Crippen molar-refractivity contribution < 1.29 is 0 Å². The van der Waals surface area contributed by atoms with Crippen molar-refractivity contribution in [1.82, 2.24) is 0 Å². The van der Waals surface area contributed by atoms with Crippen LogP contribution in [-0.2, 0) is 0 Å². The van der Waals surface area contributed by atoms with Crippen LogP contribution in [0.5, 0.6) is 0 Å². The minimum atomic E-state index is 0.194. The number of hydrogen-bond acceptors (Lipinski definition) is 0. The van der Waals surface area contributed by atoms with Crippen LogP contribution in [0, 0.1) is 27.7 Å². The minimum absolute atomic E-state index is 0.194. The number of aryl methyl sites for hydroxylation is 4. The molecule has 0 aliphatic rings. The van der Waals surface area contributed by atoms with Gasteiger partial charge in [0.2, 0.25) is 0 Å². The van der Waals surface area contributed by atoms with Crippen LogP contribution in [0.3, 0.4) is 0 Å². The van der Waals surface area contributed by atoms with E-state index in [2.05, 4.69) is 246 Å². The van der Waals surface area contributed by atoms with Crippen LogP contribution >= 0.6 is 23.2 Å². The van der Waals surface area contributed by atoms with Crippen LogP contribution < -0.4 is 0 Å². The molecular formula is C69H50Cl2. The zero-order valence-corrected chi connectivity index (χ0v) is 41.8. The smallest absolute Gasteiger partial charge is 0.0967 e. The van der Waals surface area contributed by atoms with Gasteiger partial charge in [-0.15, -0.1) is 23.2 Å². The van der Waals surface area contributed by atoms with Crippen molar-refractivity contribution in [3.8, 4) is 0 Å². The molecule has 0 radical (unpaired) electrons. The average Bonchev–Trinajstić information content (AvgIpc) is 3.40. The van der Waals surface area contributed by atoms with Crippen LogP contribution in [0.2, 0.25) is 0 Å². The van der Waals surface area contributed by atoms with Crippen molar-refractivity contribution in [3.05, 3.63) is 241 Å². The fraction of sp³-hybridized carbons (Fsp3) is 0.0725. The van der Waals surface area contributed by atoms with Crippen molar-refractivity contribution in [2.24, 2.45) is 0 Å². The first-order chi connectivity index (χ1) is 34.8. The maximum atomic E-state index is 4.76. The van der Waals surface area contributed by atoms with E-state index in [9.17, 15) is 0 Å². The Bertz CT molecular complexity index is 3910. The van der Waals surface area contributed by atoms with Crippen molar-refractivity contribution in [1.29, 1.82) is 0 Å². The van der Waals surface area contributed by atoms with Crippen molar-refractivity contribution in [2.45, 2.75) is 27.7 Å². The Hall–Kier alpha value is -7.74. The Labute approximate surface area is 423 Å². The molecule has 0 nitrogen and oxygen atoms in total.